The van der Waals surface area contributed by atoms with Crippen LogP contribution in [0, 0.1) is 32.6 Å². The van der Waals surface area contributed by atoms with Crippen LogP contribution in [0.4, 0.5) is 16.4 Å². The van der Waals surface area contributed by atoms with Gasteiger partial charge in [0.2, 0.25) is 11.8 Å². The van der Waals surface area contributed by atoms with E-state index in [0.29, 0.717) is 37.6 Å². The lowest BCUT2D eigenvalue weighted by molar-refractivity contribution is -0.121. The second-order valence-electron chi connectivity index (χ2n) is 11.1. The van der Waals surface area contributed by atoms with Crippen LogP contribution in [0.2, 0.25) is 0 Å². The molecule has 0 spiro atoms. The van der Waals surface area contributed by atoms with E-state index in [1.807, 2.05) is 69.3 Å². The molecule has 5 rings (SSSR count). The van der Waals surface area contributed by atoms with E-state index in [1.54, 1.807) is 17.3 Å². The summed E-state index contributed by atoms with van der Waals surface area (Å²) >= 11 is 0. The van der Waals surface area contributed by atoms with Gasteiger partial charge in [-0.25, -0.2) is 14.8 Å². The summed E-state index contributed by atoms with van der Waals surface area (Å²) < 4.78 is 5.39. The van der Waals surface area contributed by atoms with Crippen molar-refractivity contribution in [2.75, 3.05) is 36.8 Å². The summed E-state index contributed by atoms with van der Waals surface area (Å²) in [5, 5.41) is 9.04. The Morgan fingerprint density at radius 2 is 1.30 bits per heavy atom. The summed E-state index contributed by atoms with van der Waals surface area (Å²) in [6.45, 7) is 9.04. The number of benzene rings is 1. The Morgan fingerprint density at radius 1 is 0.791 bits per heavy atom. The number of nitrogens with one attached hydrogen (secondary N) is 3. The average molecular weight is 587 g/mol. The fraction of sp³-hybridized carbons (Fsp3) is 0.424. The van der Waals surface area contributed by atoms with Crippen molar-refractivity contribution < 1.29 is 19.1 Å². The maximum atomic E-state index is 12.4. The molecular formula is C33H42N6O4. The Kier molecular flexibility index (Phi) is 11.6. The smallest absolute Gasteiger partial charge is 0.410 e. The topological polar surface area (TPSA) is 126 Å². The number of carbonyl (C=O) groups is 3. The molecule has 0 aliphatic carbocycles. The van der Waals surface area contributed by atoms with Crippen molar-refractivity contribution in [1.29, 1.82) is 0 Å². The summed E-state index contributed by atoms with van der Waals surface area (Å²) in [5.74, 6) is 1.36. The zero-order chi connectivity index (χ0) is 30.6. The third kappa shape index (κ3) is 9.61. The minimum atomic E-state index is -0.324. The molecule has 4 heterocycles. The largest absolute Gasteiger partial charge is 0.445 e. The van der Waals surface area contributed by atoms with Crippen molar-refractivity contribution in [1.82, 2.24) is 20.2 Å². The molecule has 10 heteroatoms. The lowest BCUT2D eigenvalue weighted by atomic mass is 9.96. The molecule has 2 saturated heterocycles. The van der Waals surface area contributed by atoms with Gasteiger partial charge in [-0.2, -0.15) is 0 Å². The quantitative estimate of drug-likeness (QED) is 0.371. The molecular weight excluding hydrogens is 544 g/mol. The number of rotatable bonds is 6. The second-order valence-corrected chi connectivity index (χ2v) is 11.1. The molecule has 0 saturated carbocycles. The van der Waals surface area contributed by atoms with Crippen molar-refractivity contribution in [3.05, 3.63) is 83.2 Å². The van der Waals surface area contributed by atoms with Crippen LogP contribution in [-0.2, 0) is 20.9 Å². The van der Waals surface area contributed by atoms with Crippen molar-refractivity contribution in [3.63, 3.8) is 0 Å². The maximum absolute atomic E-state index is 12.4. The predicted octanol–water partition coefficient (Wildman–Crippen LogP) is 5.01. The maximum Gasteiger partial charge on any atom is 0.410 e. The molecule has 1 aromatic carbocycles. The van der Waals surface area contributed by atoms with Gasteiger partial charge >= 0.3 is 6.09 Å². The first-order valence-corrected chi connectivity index (χ1v) is 14.9. The molecule has 2 aliphatic heterocycles. The van der Waals surface area contributed by atoms with Crippen LogP contribution in [0.5, 0.6) is 0 Å². The molecule has 2 fully saturated rings. The van der Waals surface area contributed by atoms with Gasteiger partial charge in [-0.05, 0) is 88.4 Å². The molecule has 0 radical (unpaired) electrons. The van der Waals surface area contributed by atoms with Crippen molar-refractivity contribution in [2.45, 2.75) is 53.1 Å². The van der Waals surface area contributed by atoms with Crippen LogP contribution >= 0.6 is 0 Å². The molecule has 43 heavy (non-hydrogen) atoms. The van der Waals surface area contributed by atoms with E-state index in [2.05, 4.69) is 25.9 Å². The van der Waals surface area contributed by atoms with Gasteiger partial charge in [0.05, 0.1) is 0 Å². The number of ether oxygens (including phenoxy) is 1. The number of amides is 3. The Morgan fingerprint density at radius 3 is 1.81 bits per heavy atom. The first kappa shape index (κ1) is 31.6. The number of hydrogen-bond donors (Lipinski definition) is 3. The summed E-state index contributed by atoms with van der Waals surface area (Å²) in [6.07, 6.45) is 6.11. The Bertz CT molecular complexity index is 1370. The van der Waals surface area contributed by atoms with E-state index in [0.717, 1.165) is 42.6 Å². The third-order valence-corrected chi connectivity index (χ3v) is 7.82. The summed E-state index contributed by atoms with van der Waals surface area (Å²) in [5.41, 5.74) is 4.08. The summed E-state index contributed by atoms with van der Waals surface area (Å²) in [7, 11) is 0. The third-order valence-electron chi connectivity index (χ3n) is 7.82. The molecule has 3 aromatic rings. The molecule has 0 atom stereocenters. The van der Waals surface area contributed by atoms with E-state index in [9.17, 15) is 14.4 Å². The van der Waals surface area contributed by atoms with Gasteiger partial charge in [0.15, 0.2) is 0 Å². The van der Waals surface area contributed by atoms with Crippen molar-refractivity contribution in [2.24, 2.45) is 11.8 Å². The lowest BCUT2D eigenvalue weighted by Gasteiger charge is -2.30. The van der Waals surface area contributed by atoms with E-state index in [-0.39, 0.29) is 36.4 Å². The number of piperidine rings is 2. The minimum absolute atomic E-state index is 0.0375. The number of carbonyl (C=O) groups excluding carboxylic acids is 3. The lowest BCUT2D eigenvalue weighted by Crippen LogP contribution is -2.41. The number of nitrogens with zero attached hydrogens (tertiary/aromatic N) is 3. The van der Waals surface area contributed by atoms with Crippen LogP contribution in [0.1, 0.15) is 47.9 Å². The molecule has 3 amide bonds. The van der Waals surface area contributed by atoms with E-state index in [4.69, 9.17) is 4.74 Å². The number of anilines is 2. The Labute approximate surface area is 253 Å². The number of likely N-dealkylation sites (tertiary alicyclic amines) is 1. The van der Waals surface area contributed by atoms with Gasteiger partial charge < -0.3 is 25.6 Å². The molecule has 3 N–H and O–H groups in total. The summed E-state index contributed by atoms with van der Waals surface area (Å²) in [4.78, 5) is 46.7. The standard InChI is InChI=1S/C21H25N3O3.C12H17N3O/c1-15-5-7-17(8-6-15)14-27-21(26)24-12-9-18(10-13-24)20(25)23-19-16(2)4-3-11-22-19;1-9-3-2-6-14-11(9)15-12(16)10-4-7-13-8-5-10/h3-8,11,18H,9-10,12-14H2,1-2H3,(H,22,23,25);2-3,6,10,13H,4-5,7-8H2,1H3,(H,14,15,16). The van der Waals surface area contributed by atoms with Crippen LogP contribution in [0.15, 0.2) is 60.9 Å². The highest BCUT2D eigenvalue weighted by Crippen LogP contribution is 2.21. The zero-order valence-corrected chi connectivity index (χ0v) is 25.3. The van der Waals surface area contributed by atoms with Crippen LogP contribution in [0.3, 0.4) is 0 Å². The van der Waals surface area contributed by atoms with E-state index in [1.165, 1.54) is 5.56 Å². The SMILES string of the molecule is Cc1ccc(COC(=O)N2CCC(C(=O)Nc3ncccc3C)CC2)cc1.Cc1cccnc1NC(=O)C1CCNCC1. The second kappa shape index (κ2) is 15.8. The van der Waals surface area contributed by atoms with Gasteiger partial charge in [0.1, 0.15) is 18.2 Å². The fourth-order valence-electron chi connectivity index (χ4n) is 5.00. The zero-order valence-electron chi connectivity index (χ0n) is 25.3. The highest BCUT2D eigenvalue weighted by Gasteiger charge is 2.28. The molecule has 2 aromatic heterocycles. The van der Waals surface area contributed by atoms with E-state index < -0.39 is 0 Å². The number of hydrogen-bond acceptors (Lipinski definition) is 7. The van der Waals surface area contributed by atoms with Gasteiger partial charge in [-0.3, -0.25) is 9.59 Å². The number of aromatic nitrogens is 2. The highest BCUT2D eigenvalue weighted by molar-refractivity contribution is 5.93. The van der Waals surface area contributed by atoms with Gasteiger partial charge in [-0.15, -0.1) is 0 Å². The van der Waals surface area contributed by atoms with Gasteiger partial charge in [0.25, 0.3) is 0 Å². The number of aryl methyl sites for hydroxylation is 3. The van der Waals surface area contributed by atoms with Gasteiger partial charge in [-0.1, -0.05) is 42.0 Å². The average Bonchev–Trinajstić information content (AvgIpc) is 3.03. The first-order valence-electron chi connectivity index (χ1n) is 14.9. The number of pyridine rings is 2. The fourth-order valence-corrected chi connectivity index (χ4v) is 5.00. The van der Waals surface area contributed by atoms with Gasteiger partial charge in [0, 0.05) is 37.3 Å². The first-order chi connectivity index (χ1) is 20.8. The van der Waals surface area contributed by atoms with Crippen LogP contribution in [-0.4, -0.2) is 59.0 Å². The normalized spacial score (nSPS) is 15.6. The molecule has 0 bridgehead atoms. The van der Waals surface area contributed by atoms with Crippen molar-refractivity contribution in [3.8, 4) is 0 Å². The molecule has 2 aliphatic rings. The van der Waals surface area contributed by atoms with Crippen LogP contribution in [0.25, 0.3) is 0 Å². The minimum Gasteiger partial charge on any atom is -0.445 e. The molecule has 10 nitrogen and oxygen atoms in total. The highest BCUT2D eigenvalue weighted by atomic mass is 16.6. The monoisotopic (exact) mass is 586 g/mol. The van der Waals surface area contributed by atoms with Crippen LogP contribution < -0.4 is 16.0 Å². The van der Waals surface area contributed by atoms with Crippen molar-refractivity contribution >= 4 is 29.5 Å². The Balaban J connectivity index is 0.000000225. The Hall–Kier alpha value is -4.31. The molecule has 228 valence electrons. The summed E-state index contributed by atoms with van der Waals surface area (Å²) in [6, 6.07) is 15.5. The predicted molar refractivity (Wildman–Crippen MR) is 166 cm³/mol. The van der Waals surface area contributed by atoms with E-state index >= 15 is 0 Å². The molecule has 0 unspecified atom stereocenters.